The average molecular weight is 347 g/mol. The average Bonchev–Trinajstić information content (AvgIpc) is 3.04. The van der Waals surface area contributed by atoms with Gasteiger partial charge in [-0.25, -0.2) is 0 Å². The van der Waals surface area contributed by atoms with E-state index in [2.05, 4.69) is 18.6 Å². The minimum atomic E-state index is -0.546. The summed E-state index contributed by atoms with van der Waals surface area (Å²) < 4.78 is 21.9. The quantitative estimate of drug-likeness (QED) is 0.696. The molecule has 0 bridgehead atoms. The maximum atomic E-state index is 13.2. The molecule has 0 spiro atoms. The third-order valence-corrected chi connectivity index (χ3v) is 4.57. The Morgan fingerprint density at radius 2 is 2.14 bits per heavy atom. The van der Waals surface area contributed by atoms with Crippen LogP contribution in [0.25, 0.3) is 11.0 Å². The molecule has 5 nitrogen and oxygen atoms in total. The van der Waals surface area contributed by atoms with Crippen molar-refractivity contribution in [3.05, 3.63) is 47.8 Å². The van der Waals surface area contributed by atoms with Crippen LogP contribution in [-0.2, 0) is 4.79 Å². The Hall–Kier alpha value is -2.24. The van der Waals surface area contributed by atoms with Gasteiger partial charge in [-0.15, -0.1) is 0 Å². The molecule has 0 fully saturated rings. The van der Waals surface area contributed by atoms with Crippen LogP contribution in [0, 0.1) is 5.82 Å². The number of benzene rings is 2. The molecular formula is C14H9FN4OSe. The van der Waals surface area contributed by atoms with Crippen LogP contribution in [0.15, 0.2) is 36.4 Å². The fourth-order valence-electron chi connectivity index (χ4n) is 2.46. The number of rotatable bonds is 2. The number of amides is 1. The van der Waals surface area contributed by atoms with E-state index in [-0.39, 0.29) is 26.7 Å². The normalized spacial score (nSPS) is 16.8. The maximum absolute atomic E-state index is 13.2. The number of aromatic nitrogens is 2. The van der Waals surface area contributed by atoms with Crippen LogP contribution in [0.4, 0.5) is 15.8 Å². The first-order chi connectivity index (χ1) is 10.2. The number of nitrogens with zero attached hydrogens (tertiary/aromatic N) is 2. The number of hydrogen-bond acceptors (Lipinski definition) is 4. The Morgan fingerprint density at radius 3 is 3.05 bits per heavy atom. The van der Waals surface area contributed by atoms with E-state index in [0.29, 0.717) is 5.69 Å². The van der Waals surface area contributed by atoms with E-state index in [0.717, 1.165) is 22.3 Å². The van der Waals surface area contributed by atoms with Crippen molar-refractivity contribution in [3.8, 4) is 0 Å². The van der Waals surface area contributed by atoms with Gasteiger partial charge in [0.2, 0.25) is 0 Å². The molecule has 4 rings (SSSR count). The molecule has 1 aromatic heterocycles. The third kappa shape index (κ3) is 2.02. The van der Waals surface area contributed by atoms with Crippen LogP contribution in [0.1, 0.15) is 11.6 Å². The molecule has 0 saturated carbocycles. The van der Waals surface area contributed by atoms with E-state index >= 15 is 0 Å². The predicted octanol–water partition coefficient (Wildman–Crippen LogP) is 1.93. The summed E-state index contributed by atoms with van der Waals surface area (Å²) in [5, 5.41) is 5.87. The van der Waals surface area contributed by atoms with Gasteiger partial charge in [0.1, 0.15) is 0 Å². The van der Waals surface area contributed by atoms with Crippen LogP contribution in [0.3, 0.4) is 0 Å². The van der Waals surface area contributed by atoms with E-state index in [4.69, 9.17) is 0 Å². The summed E-state index contributed by atoms with van der Waals surface area (Å²) in [6.07, 6.45) is 0. The molecule has 0 aliphatic carbocycles. The first kappa shape index (κ1) is 12.5. The van der Waals surface area contributed by atoms with E-state index in [1.54, 1.807) is 6.07 Å². The molecule has 2 aromatic carbocycles. The van der Waals surface area contributed by atoms with Crippen molar-refractivity contribution in [2.45, 2.75) is 6.04 Å². The van der Waals surface area contributed by atoms with Crippen molar-refractivity contribution < 1.29 is 9.18 Å². The SMILES string of the molecule is O=C1Nc2cc(F)ccc2C1Nc1cccc2n[se]nc12. The topological polar surface area (TPSA) is 66.9 Å². The standard InChI is InChI=1S/C14H9FN4OSe/c15-7-4-5-8-11(6-7)17-14(20)12(8)16-9-2-1-3-10-13(9)19-21-18-10/h1-6,12,16H,(H,17,20). The molecule has 2 N–H and O–H groups in total. The van der Waals surface area contributed by atoms with Crippen molar-refractivity contribution in [2.24, 2.45) is 0 Å². The fraction of sp³-hybridized carbons (Fsp3) is 0.0714. The van der Waals surface area contributed by atoms with Crippen LogP contribution in [0.5, 0.6) is 0 Å². The molecule has 0 radical (unpaired) electrons. The van der Waals surface area contributed by atoms with Gasteiger partial charge in [-0.2, -0.15) is 0 Å². The zero-order valence-corrected chi connectivity index (χ0v) is 12.3. The Morgan fingerprint density at radius 1 is 1.24 bits per heavy atom. The van der Waals surface area contributed by atoms with Crippen LogP contribution >= 0.6 is 0 Å². The van der Waals surface area contributed by atoms with E-state index < -0.39 is 6.04 Å². The molecule has 0 saturated heterocycles. The minimum absolute atomic E-state index is 0.126. The second kappa shape index (κ2) is 4.65. The molecule has 1 unspecified atom stereocenters. The first-order valence-electron chi connectivity index (χ1n) is 6.30. The van der Waals surface area contributed by atoms with Gasteiger partial charge in [-0.05, 0) is 0 Å². The van der Waals surface area contributed by atoms with Gasteiger partial charge in [0.05, 0.1) is 0 Å². The molecule has 2 heterocycles. The second-order valence-electron chi connectivity index (χ2n) is 4.74. The van der Waals surface area contributed by atoms with Crippen molar-refractivity contribution in [1.82, 2.24) is 7.96 Å². The van der Waals surface area contributed by atoms with E-state index in [1.165, 1.54) is 12.1 Å². The zero-order chi connectivity index (χ0) is 14.4. The van der Waals surface area contributed by atoms with Gasteiger partial charge in [-0.1, -0.05) is 0 Å². The zero-order valence-electron chi connectivity index (χ0n) is 10.6. The predicted molar refractivity (Wildman–Crippen MR) is 77.9 cm³/mol. The fourth-order valence-corrected chi connectivity index (χ4v) is 3.61. The summed E-state index contributed by atoms with van der Waals surface area (Å²) in [5.41, 5.74) is 3.65. The van der Waals surface area contributed by atoms with Crippen molar-refractivity contribution in [1.29, 1.82) is 0 Å². The Bertz CT molecular complexity index is 863. The number of halogens is 1. The summed E-state index contributed by atoms with van der Waals surface area (Å²) in [6.45, 7) is 0. The Labute approximate surface area is 125 Å². The summed E-state index contributed by atoms with van der Waals surface area (Å²) in [6, 6.07) is 9.40. The molecule has 1 aliphatic rings. The number of carbonyl (C=O) groups excluding carboxylic acids is 1. The first-order valence-corrected chi connectivity index (χ1v) is 7.84. The molecule has 1 amide bonds. The number of carbonyl (C=O) groups is 1. The summed E-state index contributed by atoms with van der Waals surface area (Å²) in [5.74, 6) is -0.569. The van der Waals surface area contributed by atoms with Crippen LogP contribution in [0.2, 0.25) is 0 Å². The number of hydrogen-bond donors (Lipinski definition) is 2. The molecule has 3 aromatic rings. The number of anilines is 2. The molecule has 7 heteroatoms. The second-order valence-corrected chi connectivity index (χ2v) is 5.84. The summed E-state index contributed by atoms with van der Waals surface area (Å²) >= 11 is -0.126. The molecule has 21 heavy (non-hydrogen) atoms. The molecule has 104 valence electrons. The Kier molecular flexibility index (Phi) is 2.77. The van der Waals surface area contributed by atoms with Gasteiger partial charge in [0.15, 0.2) is 0 Å². The van der Waals surface area contributed by atoms with Crippen molar-refractivity contribution in [3.63, 3.8) is 0 Å². The third-order valence-electron chi connectivity index (χ3n) is 3.43. The monoisotopic (exact) mass is 348 g/mol. The van der Waals surface area contributed by atoms with Gasteiger partial charge in [0.25, 0.3) is 0 Å². The van der Waals surface area contributed by atoms with Crippen LogP contribution in [-0.4, -0.2) is 28.8 Å². The number of nitrogens with one attached hydrogen (secondary N) is 2. The molecular weight excluding hydrogens is 338 g/mol. The van der Waals surface area contributed by atoms with E-state index in [9.17, 15) is 9.18 Å². The van der Waals surface area contributed by atoms with Gasteiger partial charge in [-0.3, -0.25) is 0 Å². The number of fused-ring (bicyclic) bond motifs is 2. The molecule has 1 aliphatic heterocycles. The Balaban J connectivity index is 1.75. The van der Waals surface area contributed by atoms with Gasteiger partial charge in [0, 0.05) is 0 Å². The summed E-state index contributed by atoms with van der Waals surface area (Å²) in [7, 11) is 0. The van der Waals surface area contributed by atoms with Crippen LogP contribution < -0.4 is 10.6 Å². The van der Waals surface area contributed by atoms with Gasteiger partial charge >= 0.3 is 125 Å². The van der Waals surface area contributed by atoms with Crippen molar-refractivity contribution in [2.75, 3.05) is 10.6 Å². The van der Waals surface area contributed by atoms with Gasteiger partial charge < -0.3 is 0 Å². The van der Waals surface area contributed by atoms with Crippen molar-refractivity contribution >= 4 is 43.3 Å². The van der Waals surface area contributed by atoms with E-state index in [1.807, 2.05) is 18.2 Å². The summed E-state index contributed by atoms with van der Waals surface area (Å²) in [4.78, 5) is 12.1. The molecule has 1 atom stereocenters.